The van der Waals surface area contributed by atoms with Gasteiger partial charge in [0, 0.05) is 18.0 Å². The van der Waals surface area contributed by atoms with E-state index in [1.54, 1.807) is 12.4 Å². The van der Waals surface area contributed by atoms with Crippen LogP contribution in [0.5, 0.6) is 0 Å². The molecule has 0 fully saturated rings. The summed E-state index contributed by atoms with van der Waals surface area (Å²) in [5.41, 5.74) is 2.28. The van der Waals surface area contributed by atoms with Crippen molar-refractivity contribution in [2.75, 3.05) is 0 Å². The van der Waals surface area contributed by atoms with E-state index in [1.165, 1.54) is 5.56 Å². The fourth-order valence-corrected chi connectivity index (χ4v) is 1.45. The number of benzene rings is 1. The third-order valence-electron chi connectivity index (χ3n) is 2.13. The number of allylic oxidation sites excluding steroid dienone is 1. The first-order valence-corrected chi connectivity index (χ1v) is 4.87. The van der Waals surface area contributed by atoms with Crippen molar-refractivity contribution in [2.45, 2.75) is 6.42 Å². The highest BCUT2D eigenvalue weighted by Gasteiger charge is 1.99. The zero-order valence-electron chi connectivity index (χ0n) is 8.43. The molecule has 2 heteroatoms. The Kier molecular flexibility index (Phi) is 2.88. The van der Waals surface area contributed by atoms with Gasteiger partial charge in [0.1, 0.15) is 0 Å². The van der Waals surface area contributed by atoms with Gasteiger partial charge in [-0.05, 0) is 24.1 Å². The van der Waals surface area contributed by atoms with Crippen molar-refractivity contribution in [3.05, 3.63) is 60.9 Å². The molecule has 15 heavy (non-hydrogen) atoms. The molecule has 0 N–H and O–H groups in total. The summed E-state index contributed by atoms with van der Waals surface area (Å²) < 4.78 is 0. The van der Waals surface area contributed by atoms with Crippen molar-refractivity contribution in [2.24, 2.45) is 0 Å². The smallest absolute Gasteiger partial charge is 0.159 e. The van der Waals surface area contributed by atoms with Crippen LogP contribution in [0.3, 0.4) is 0 Å². The normalized spacial score (nSPS) is 9.87. The Morgan fingerprint density at radius 2 is 1.93 bits per heavy atom. The van der Waals surface area contributed by atoms with Crippen LogP contribution in [-0.2, 0) is 6.42 Å². The number of hydrogen-bond donors (Lipinski definition) is 0. The van der Waals surface area contributed by atoms with E-state index in [1.807, 2.05) is 24.3 Å². The summed E-state index contributed by atoms with van der Waals surface area (Å²) >= 11 is 0. The highest BCUT2D eigenvalue weighted by Crippen LogP contribution is 2.15. The molecule has 2 rings (SSSR count). The monoisotopic (exact) mass is 196 g/mol. The summed E-state index contributed by atoms with van der Waals surface area (Å²) in [6, 6.07) is 10.0. The Labute approximate surface area is 89.3 Å². The zero-order valence-corrected chi connectivity index (χ0v) is 8.43. The minimum absolute atomic E-state index is 0.767. The second-order valence-electron chi connectivity index (χ2n) is 3.27. The molecule has 0 aliphatic heterocycles. The predicted molar refractivity (Wildman–Crippen MR) is 61.4 cm³/mol. The van der Waals surface area contributed by atoms with Crippen molar-refractivity contribution < 1.29 is 0 Å². The van der Waals surface area contributed by atoms with Gasteiger partial charge in [0.2, 0.25) is 0 Å². The fourth-order valence-electron chi connectivity index (χ4n) is 1.45. The maximum absolute atomic E-state index is 4.21. The molecule has 0 aliphatic rings. The second-order valence-corrected chi connectivity index (χ2v) is 3.27. The van der Waals surface area contributed by atoms with Crippen LogP contribution in [0.15, 0.2) is 55.4 Å². The van der Waals surface area contributed by atoms with Crippen molar-refractivity contribution in [3.63, 3.8) is 0 Å². The van der Waals surface area contributed by atoms with E-state index >= 15 is 0 Å². The van der Waals surface area contributed by atoms with Gasteiger partial charge in [0.15, 0.2) is 5.82 Å². The van der Waals surface area contributed by atoms with Crippen LogP contribution >= 0.6 is 0 Å². The zero-order chi connectivity index (χ0) is 10.5. The first kappa shape index (κ1) is 9.59. The molecule has 2 aromatic rings. The Balaban J connectivity index is 2.37. The van der Waals surface area contributed by atoms with Gasteiger partial charge in [0.05, 0.1) is 0 Å². The lowest BCUT2D eigenvalue weighted by molar-refractivity contribution is 1.17. The summed E-state index contributed by atoms with van der Waals surface area (Å²) in [4.78, 5) is 8.43. The van der Waals surface area contributed by atoms with Gasteiger partial charge in [-0.1, -0.05) is 24.3 Å². The van der Waals surface area contributed by atoms with Crippen LogP contribution in [0.2, 0.25) is 0 Å². The quantitative estimate of drug-likeness (QED) is 0.705. The van der Waals surface area contributed by atoms with E-state index in [-0.39, 0.29) is 0 Å². The van der Waals surface area contributed by atoms with E-state index in [2.05, 4.69) is 28.7 Å². The van der Waals surface area contributed by atoms with Crippen molar-refractivity contribution in [3.8, 4) is 11.4 Å². The first-order valence-electron chi connectivity index (χ1n) is 4.87. The molecular formula is C13H12N2. The largest absolute Gasteiger partial charge is 0.237 e. The van der Waals surface area contributed by atoms with Crippen molar-refractivity contribution in [1.29, 1.82) is 0 Å². The molecule has 0 saturated carbocycles. The van der Waals surface area contributed by atoms with Crippen molar-refractivity contribution >= 4 is 0 Å². The van der Waals surface area contributed by atoms with Crippen LogP contribution in [0.4, 0.5) is 0 Å². The lowest BCUT2D eigenvalue weighted by Crippen LogP contribution is -1.88. The number of nitrogens with zero attached hydrogens (tertiary/aromatic N) is 2. The molecule has 0 aliphatic carbocycles. The molecule has 0 saturated heterocycles. The summed E-state index contributed by atoms with van der Waals surface area (Å²) in [6.07, 6.45) is 6.27. The Morgan fingerprint density at radius 3 is 2.67 bits per heavy atom. The van der Waals surface area contributed by atoms with E-state index in [9.17, 15) is 0 Å². The molecule has 2 nitrogen and oxygen atoms in total. The number of hydrogen-bond acceptors (Lipinski definition) is 2. The topological polar surface area (TPSA) is 25.8 Å². The summed E-state index contributed by atoms with van der Waals surface area (Å²) in [5, 5.41) is 0. The molecule has 0 unspecified atom stereocenters. The Bertz CT molecular complexity index is 449. The van der Waals surface area contributed by atoms with Crippen LogP contribution in [0.25, 0.3) is 11.4 Å². The number of aromatic nitrogens is 2. The van der Waals surface area contributed by atoms with Crippen LogP contribution in [0, 0.1) is 0 Å². The molecule has 0 bridgehead atoms. The van der Waals surface area contributed by atoms with Gasteiger partial charge < -0.3 is 0 Å². The standard InChI is InChI=1S/C13H12N2/c1-2-5-11-6-3-7-12(10-11)13-14-8-4-9-15-13/h2-4,6-10H,1,5H2. The van der Waals surface area contributed by atoms with E-state index in [0.29, 0.717) is 0 Å². The van der Waals surface area contributed by atoms with Gasteiger partial charge >= 0.3 is 0 Å². The van der Waals surface area contributed by atoms with Gasteiger partial charge in [-0.15, -0.1) is 6.58 Å². The van der Waals surface area contributed by atoms with Crippen molar-refractivity contribution in [1.82, 2.24) is 9.97 Å². The van der Waals surface area contributed by atoms with Gasteiger partial charge in [-0.2, -0.15) is 0 Å². The highest BCUT2D eigenvalue weighted by molar-refractivity contribution is 5.55. The maximum atomic E-state index is 4.21. The summed E-state index contributed by atoms with van der Waals surface area (Å²) in [6.45, 7) is 3.73. The lowest BCUT2D eigenvalue weighted by Gasteiger charge is -2.01. The first-order chi connectivity index (χ1) is 7.40. The molecule has 1 aromatic heterocycles. The number of rotatable bonds is 3. The molecular weight excluding hydrogens is 184 g/mol. The van der Waals surface area contributed by atoms with E-state index in [4.69, 9.17) is 0 Å². The average Bonchev–Trinajstić information content (AvgIpc) is 2.31. The second kappa shape index (κ2) is 4.51. The van der Waals surface area contributed by atoms with Crippen LogP contribution in [0.1, 0.15) is 5.56 Å². The highest BCUT2D eigenvalue weighted by atomic mass is 14.8. The van der Waals surface area contributed by atoms with E-state index < -0.39 is 0 Å². The molecule has 1 heterocycles. The van der Waals surface area contributed by atoms with E-state index in [0.717, 1.165) is 17.8 Å². The summed E-state index contributed by atoms with van der Waals surface area (Å²) in [5.74, 6) is 0.767. The lowest BCUT2D eigenvalue weighted by atomic mass is 10.1. The predicted octanol–water partition coefficient (Wildman–Crippen LogP) is 2.87. The third kappa shape index (κ3) is 2.29. The van der Waals surface area contributed by atoms with Gasteiger partial charge in [-0.25, -0.2) is 9.97 Å². The molecule has 0 atom stereocenters. The van der Waals surface area contributed by atoms with Crippen LogP contribution < -0.4 is 0 Å². The van der Waals surface area contributed by atoms with Gasteiger partial charge in [-0.3, -0.25) is 0 Å². The van der Waals surface area contributed by atoms with Gasteiger partial charge in [0.25, 0.3) is 0 Å². The molecule has 1 aromatic carbocycles. The molecule has 0 amide bonds. The molecule has 0 radical (unpaired) electrons. The summed E-state index contributed by atoms with van der Waals surface area (Å²) in [7, 11) is 0. The third-order valence-corrected chi connectivity index (χ3v) is 2.13. The minimum atomic E-state index is 0.767. The fraction of sp³-hybridized carbons (Fsp3) is 0.0769. The molecule has 74 valence electrons. The SMILES string of the molecule is C=CCc1cccc(-c2ncccn2)c1. The Hall–Kier alpha value is -1.96. The average molecular weight is 196 g/mol. The minimum Gasteiger partial charge on any atom is -0.237 e. The van der Waals surface area contributed by atoms with Crippen LogP contribution in [-0.4, -0.2) is 9.97 Å². The maximum Gasteiger partial charge on any atom is 0.159 e. The molecule has 0 spiro atoms. The Morgan fingerprint density at radius 1 is 1.13 bits per heavy atom.